The monoisotopic (exact) mass is 563 g/mol. The van der Waals surface area contributed by atoms with Crippen molar-refractivity contribution in [3.8, 4) is 17.2 Å². The van der Waals surface area contributed by atoms with Gasteiger partial charge in [-0.25, -0.2) is 0 Å². The van der Waals surface area contributed by atoms with Gasteiger partial charge in [0.1, 0.15) is 17.2 Å². The second-order valence-electron chi connectivity index (χ2n) is 9.44. The molecule has 0 aromatic heterocycles. The molecule has 2 saturated carbocycles. The van der Waals surface area contributed by atoms with Gasteiger partial charge >= 0.3 is 19.5 Å². The molecule has 0 heterocycles. The van der Waals surface area contributed by atoms with Gasteiger partial charge in [0.05, 0.1) is 12.6 Å². The number of carbonyl (C=O) groups excluding carboxylic acids is 1. The van der Waals surface area contributed by atoms with Crippen molar-refractivity contribution in [2.75, 3.05) is 6.61 Å². The number of carbonyl (C=O) groups is 1. The van der Waals surface area contributed by atoms with Gasteiger partial charge in [-0.05, 0) is 84.9 Å². The summed E-state index contributed by atoms with van der Waals surface area (Å²) in [5, 5.41) is 2.94. The molecule has 2 aliphatic carbocycles. The summed E-state index contributed by atoms with van der Waals surface area (Å²) in [7, 11) is 0. The van der Waals surface area contributed by atoms with Crippen molar-refractivity contribution in [2.24, 2.45) is 5.92 Å². The standard InChI is InChI=1S/C29H31NO3.2C2H5.Zn/c1-19(30-20(2)31)22-8-10-23(11-9-22)28-17-29(28)24-12-14-25(15-13-24)33-27-5-3-4-26(16-27)32-18-21-6-7-21;2*1-2;/h3-5,8-16,19,21,28-29H,6-7,17-18H2,1-2H3,(H,30,31);2*1H2,2H3;/q;2*-1;+2. The van der Waals surface area contributed by atoms with Crippen LogP contribution in [0.3, 0.4) is 0 Å². The van der Waals surface area contributed by atoms with Crippen LogP contribution in [0.2, 0.25) is 0 Å². The van der Waals surface area contributed by atoms with E-state index in [1.165, 1.54) is 30.4 Å². The number of ether oxygens (including phenoxy) is 2. The Bertz CT molecular complexity index is 1110. The first kappa shape index (κ1) is 31.6. The summed E-state index contributed by atoms with van der Waals surface area (Å²) in [4.78, 5) is 11.3. The topological polar surface area (TPSA) is 47.6 Å². The summed E-state index contributed by atoms with van der Waals surface area (Å²) in [5.74, 6) is 4.35. The number of hydrogen-bond donors (Lipinski definition) is 1. The molecule has 0 spiro atoms. The maximum atomic E-state index is 11.3. The van der Waals surface area contributed by atoms with E-state index in [1.807, 2.05) is 31.2 Å². The fourth-order valence-corrected chi connectivity index (χ4v) is 4.40. The smallest absolute Gasteiger partial charge is 0.493 e. The first-order valence-electron chi connectivity index (χ1n) is 13.3. The number of amides is 1. The van der Waals surface area contributed by atoms with Crippen LogP contribution in [-0.2, 0) is 24.3 Å². The van der Waals surface area contributed by atoms with Gasteiger partial charge in [-0.2, -0.15) is 13.8 Å². The van der Waals surface area contributed by atoms with E-state index in [4.69, 9.17) is 9.47 Å². The Balaban J connectivity index is 0.000000969. The third kappa shape index (κ3) is 9.27. The predicted octanol–water partition coefficient (Wildman–Crippen LogP) is 8.41. The second-order valence-corrected chi connectivity index (χ2v) is 9.44. The molecule has 5 rings (SSSR count). The van der Waals surface area contributed by atoms with Gasteiger partial charge in [-0.3, -0.25) is 4.79 Å². The molecule has 3 aromatic rings. The zero-order valence-electron chi connectivity index (χ0n) is 23.4. The van der Waals surface area contributed by atoms with Gasteiger partial charge < -0.3 is 28.6 Å². The molecule has 2 fully saturated rings. The van der Waals surface area contributed by atoms with Gasteiger partial charge in [0, 0.05) is 13.0 Å². The van der Waals surface area contributed by atoms with Gasteiger partial charge in [0.25, 0.3) is 0 Å². The summed E-state index contributed by atoms with van der Waals surface area (Å²) in [5.41, 5.74) is 3.85. The quantitative estimate of drug-likeness (QED) is 0.210. The SMILES string of the molecule is CC(=O)NC(C)c1ccc(C2CC2c2ccc(Oc3cccc(OCC4CC4)c3)cc2)cc1.[CH2-]C.[CH2-]C.[Zn+2]. The Kier molecular flexibility index (Phi) is 13.0. The van der Waals surface area contributed by atoms with Crippen molar-refractivity contribution in [1.82, 2.24) is 5.32 Å². The van der Waals surface area contributed by atoms with Crippen LogP contribution in [0.4, 0.5) is 0 Å². The molecule has 3 atom stereocenters. The molecule has 4 nitrogen and oxygen atoms in total. The van der Waals surface area contributed by atoms with Gasteiger partial charge in [-0.15, -0.1) is 0 Å². The molecule has 0 bridgehead atoms. The van der Waals surface area contributed by atoms with Crippen molar-refractivity contribution >= 4 is 5.91 Å². The van der Waals surface area contributed by atoms with E-state index in [1.54, 1.807) is 20.8 Å². The number of hydrogen-bond acceptors (Lipinski definition) is 3. The first-order valence-corrected chi connectivity index (χ1v) is 13.3. The molecule has 198 valence electrons. The Morgan fingerprint density at radius 3 is 1.97 bits per heavy atom. The average molecular weight is 565 g/mol. The van der Waals surface area contributed by atoms with E-state index in [-0.39, 0.29) is 31.4 Å². The molecular weight excluding hydrogens is 524 g/mol. The Hall–Kier alpha value is -2.65. The summed E-state index contributed by atoms with van der Waals surface area (Å²) in [6, 6.07) is 25.1. The third-order valence-electron chi connectivity index (χ3n) is 6.61. The Morgan fingerprint density at radius 2 is 1.42 bits per heavy atom. The zero-order valence-corrected chi connectivity index (χ0v) is 26.4. The maximum absolute atomic E-state index is 11.3. The summed E-state index contributed by atoms with van der Waals surface area (Å²) in [6.45, 7) is 14.4. The molecule has 5 heteroatoms. The normalized spacial score (nSPS) is 17.7. The van der Waals surface area contributed by atoms with Crippen LogP contribution in [0, 0.1) is 19.8 Å². The van der Waals surface area contributed by atoms with Crippen LogP contribution in [-0.4, -0.2) is 12.5 Å². The van der Waals surface area contributed by atoms with Crippen molar-refractivity contribution < 1.29 is 33.7 Å². The maximum Gasteiger partial charge on any atom is 2.00 e. The largest absolute Gasteiger partial charge is 2.00 e. The molecule has 0 saturated heterocycles. The minimum absolute atomic E-state index is 0. The Morgan fingerprint density at radius 1 is 0.868 bits per heavy atom. The minimum atomic E-state index is -0.00382. The molecule has 38 heavy (non-hydrogen) atoms. The second kappa shape index (κ2) is 15.7. The molecular formula is C33H41NO3Zn. The summed E-state index contributed by atoms with van der Waals surface area (Å²) >= 11 is 0. The van der Waals surface area contributed by atoms with E-state index in [0.29, 0.717) is 11.8 Å². The molecule has 0 aliphatic heterocycles. The van der Waals surface area contributed by atoms with Crippen LogP contribution in [0.5, 0.6) is 17.2 Å². The van der Waals surface area contributed by atoms with Crippen molar-refractivity contribution in [3.63, 3.8) is 0 Å². The van der Waals surface area contributed by atoms with Crippen LogP contribution < -0.4 is 14.8 Å². The average Bonchev–Trinajstić information content (AvgIpc) is 3.86. The third-order valence-corrected chi connectivity index (χ3v) is 6.61. The molecule has 3 unspecified atom stereocenters. The molecule has 2 aliphatic rings. The van der Waals surface area contributed by atoms with Gasteiger partial charge in [0.15, 0.2) is 0 Å². The van der Waals surface area contributed by atoms with Crippen LogP contribution in [0.25, 0.3) is 0 Å². The fourth-order valence-electron chi connectivity index (χ4n) is 4.40. The number of nitrogens with one attached hydrogen (secondary N) is 1. The van der Waals surface area contributed by atoms with Crippen LogP contribution in [0.1, 0.15) is 81.5 Å². The first-order chi connectivity index (χ1) is 18.0. The van der Waals surface area contributed by atoms with E-state index in [9.17, 15) is 4.79 Å². The molecule has 1 N–H and O–H groups in total. The van der Waals surface area contributed by atoms with E-state index < -0.39 is 0 Å². The van der Waals surface area contributed by atoms with Crippen molar-refractivity contribution in [3.05, 3.63) is 103 Å². The van der Waals surface area contributed by atoms with E-state index in [0.717, 1.165) is 35.3 Å². The summed E-state index contributed by atoms with van der Waals surface area (Å²) < 4.78 is 11.9. The van der Waals surface area contributed by atoms with Crippen molar-refractivity contribution in [1.29, 1.82) is 0 Å². The zero-order chi connectivity index (χ0) is 26.8. The van der Waals surface area contributed by atoms with Crippen molar-refractivity contribution in [2.45, 2.75) is 64.8 Å². The minimum Gasteiger partial charge on any atom is -0.493 e. The molecule has 0 radical (unpaired) electrons. The van der Waals surface area contributed by atoms with Gasteiger partial charge in [-0.1, -0.05) is 42.5 Å². The van der Waals surface area contributed by atoms with Gasteiger partial charge in [0.2, 0.25) is 5.91 Å². The Labute approximate surface area is 242 Å². The van der Waals surface area contributed by atoms with E-state index in [2.05, 4.69) is 67.7 Å². The summed E-state index contributed by atoms with van der Waals surface area (Å²) in [6.07, 6.45) is 3.74. The molecule has 1 amide bonds. The molecule has 3 aromatic carbocycles. The fraction of sp³-hybridized carbons (Fsp3) is 0.364. The van der Waals surface area contributed by atoms with Crippen LogP contribution >= 0.6 is 0 Å². The van der Waals surface area contributed by atoms with Crippen LogP contribution in [0.15, 0.2) is 72.8 Å². The predicted molar refractivity (Wildman–Crippen MR) is 152 cm³/mol. The number of rotatable bonds is 9. The number of benzene rings is 3. The van der Waals surface area contributed by atoms with E-state index >= 15 is 0 Å².